The van der Waals surface area contributed by atoms with E-state index in [-0.39, 0.29) is 5.69 Å². The average molecular weight is 274 g/mol. The molecule has 2 rings (SSSR count). The molecule has 1 N–H and O–H groups in total. The molecule has 1 aromatic heterocycles. The molecular formula is C15H18N2O3. The molecule has 0 atom stereocenters. The molecule has 1 heterocycles. The maximum Gasteiger partial charge on any atom is 0.356 e. The number of ether oxygens (including phenoxy) is 1. The molecule has 0 amide bonds. The van der Waals surface area contributed by atoms with Crippen molar-refractivity contribution < 1.29 is 14.6 Å². The van der Waals surface area contributed by atoms with E-state index < -0.39 is 5.97 Å². The maximum absolute atomic E-state index is 11.1. The summed E-state index contributed by atoms with van der Waals surface area (Å²) in [6.45, 7) is 6.50. The van der Waals surface area contributed by atoms with Crippen molar-refractivity contribution >= 4 is 5.97 Å². The summed E-state index contributed by atoms with van der Waals surface area (Å²) in [6.07, 6.45) is 0. The van der Waals surface area contributed by atoms with E-state index in [1.54, 1.807) is 17.9 Å². The zero-order valence-corrected chi connectivity index (χ0v) is 12.1. The summed E-state index contributed by atoms with van der Waals surface area (Å²) < 4.78 is 7.15. The van der Waals surface area contributed by atoms with Gasteiger partial charge in [-0.15, -0.1) is 0 Å². The Labute approximate surface area is 117 Å². The third-order valence-corrected chi connectivity index (χ3v) is 3.20. The van der Waals surface area contributed by atoms with Crippen LogP contribution >= 0.6 is 0 Å². The molecule has 0 aliphatic heterocycles. The predicted molar refractivity (Wildman–Crippen MR) is 76.3 cm³/mol. The first-order chi connectivity index (χ1) is 9.47. The summed E-state index contributed by atoms with van der Waals surface area (Å²) in [4.78, 5) is 11.1. The summed E-state index contributed by atoms with van der Waals surface area (Å²) in [5.41, 5.74) is 3.78. The van der Waals surface area contributed by atoms with Gasteiger partial charge in [-0.2, -0.15) is 5.10 Å². The normalized spacial score (nSPS) is 10.6. The topological polar surface area (TPSA) is 64.4 Å². The van der Waals surface area contributed by atoms with Crippen LogP contribution in [0.4, 0.5) is 0 Å². The Balaban J connectivity index is 2.70. The molecule has 0 bridgehead atoms. The van der Waals surface area contributed by atoms with Gasteiger partial charge < -0.3 is 9.84 Å². The van der Waals surface area contributed by atoms with Crippen LogP contribution in [0.15, 0.2) is 18.2 Å². The Bertz CT molecular complexity index is 659. The SMILES string of the molecule is CCn1nc(C(=O)O)cc1-c1cc(C)cc(C)c1OC. The highest BCUT2D eigenvalue weighted by Gasteiger charge is 2.18. The molecule has 0 aliphatic carbocycles. The number of hydrogen-bond acceptors (Lipinski definition) is 3. The van der Waals surface area contributed by atoms with E-state index in [1.807, 2.05) is 32.9 Å². The highest BCUT2D eigenvalue weighted by Crippen LogP contribution is 2.34. The van der Waals surface area contributed by atoms with E-state index in [2.05, 4.69) is 5.10 Å². The van der Waals surface area contributed by atoms with Crippen LogP contribution < -0.4 is 4.74 Å². The minimum Gasteiger partial charge on any atom is -0.496 e. The van der Waals surface area contributed by atoms with E-state index >= 15 is 0 Å². The second-order valence-corrected chi connectivity index (χ2v) is 4.70. The van der Waals surface area contributed by atoms with Crippen molar-refractivity contribution in [1.29, 1.82) is 0 Å². The van der Waals surface area contributed by atoms with Gasteiger partial charge in [-0.3, -0.25) is 4.68 Å². The smallest absolute Gasteiger partial charge is 0.356 e. The molecule has 0 fully saturated rings. The number of carboxylic acid groups (broad SMARTS) is 1. The highest BCUT2D eigenvalue weighted by molar-refractivity contribution is 5.87. The molecule has 0 saturated carbocycles. The maximum atomic E-state index is 11.1. The Morgan fingerprint density at radius 1 is 1.35 bits per heavy atom. The molecule has 0 aliphatic rings. The second kappa shape index (κ2) is 5.36. The van der Waals surface area contributed by atoms with Crippen molar-refractivity contribution in [3.63, 3.8) is 0 Å². The lowest BCUT2D eigenvalue weighted by atomic mass is 10.0. The van der Waals surface area contributed by atoms with Crippen LogP contribution in [-0.2, 0) is 6.54 Å². The number of aromatic carboxylic acids is 1. The highest BCUT2D eigenvalue weighted by atomic mass is 16.5. The Morgan fingerprint density at radius 3 is 2.60 bits per heavy atom. The number of benzene rings is 1. The number of nitrogens with zero attached hydrogens (tertiary/aromatic N) is 2. The molecule has 5 heteroatoms. The summed E-state index contributed by atoms with van der Waals surface area (Å²) in [5.74, 6) is -0.274. The fourth-order valence-electron chi connectivity index (χ4n) is 2.39. The van der Waals surface area contributed by atoms with Gasteiger partial charge in [0, 0.05) is 12.1 Å². The minimum atomic E-state index is -1.03. The molecule has 20 heavy (non-hydrogen) atoms. The lowest BCUT2D eigenvalue weighted by molar-refractivity contribution is 0.0689. The Kier molecular flexibility index (Phi) is 3.79. The number of aromatic nitrogens is 2. The molecular weight excluding hydrogens is 256 g/mol. The zero-order chi connectivity index (χ0) is 14.9. The largest absolute Gasteiger partial charge is 0.496 e. The minimum absolute atomic E-state index is 0.0445. The van der Waals surface area contributed by atoms with E-state index in [4.69, 9.17) is 9.84 Å². The standard InChI is InChI=1S/C15H18N2O3/c1-5-17-13(8-12(16-17)15(18)19)11-7-9(2)6-10(3)14(11)20-4/h6-8H,5H2,1-4H3,(H,18,19). The number of carbonyl (C=O) groups is 1. The first-order valence-corrected chi connectivity index (χ1v) is 6.44. The van der Waals surface area contributed by atoms with Crippen molar-refractivity contribution in [3.8, 4) is 17.0 Å². The number of aryl methyl sites for hydroxylation is 3. The number of rotatable bonds is 4. The molecule has 106 valence electrons. The van der Waals surface area contributed by atoms with Crippen molar-refractivity contribution in [3.05, 3.63) is 35.0 Å². The van der Waals surface area contributed by atoms with Gasteiger partial charge in [-0.1, -0.05) is 6.07 Å². The summed E-state index contributed by atoms with van der Waals surface area (Å²) in [6, 6.07) is 5.61. The lowest BCUT2D eigenvalue weighted by Gasteiger charge is -2.13. The van der Waals surface area contributed by atoms with E-state index in [1.165, 1.54) is 0 Å². The van der Waals surface area contributed by atoms with Crippen molar-refractivity contribution in [2.45, 2.75) is 27.3 Å². The van der Waals surface area contributed by atoms with Crippen molar-refractivity contribution in [1.82, 2.24) is 9.78 Å². The van der Waals surface area contributed by atoms with Crippen LogP contribution in [-0.4, -0.2) is 28.0 Å². The lowest BCUT2D eigenvalue weighted by Crippen LogP contribution is -2.03. The number of hydrogen-bond donors (Lipinski definition) is 1. The molecule has 1 aromatic carbocycles. The van der Waals surface area contributed by atoms with E-state index in [0.717, 1.165) is 28.1 Å². The predicted octanol–water partition coefficient (Wildman–Crippen LogP) is 2.89. The van der Waals surface area contributed by atoms with Gasteiger partial charge in [0.25, 0.3) is 0 Å². The van der Waals surface area contributed by atoms with Crippen LogP contribution in [0.25, 0.3) is 11.3 Å². The third kappa shape index (κ3) is 2.39. The Morgan fingerprint density at radius 2 is 2.05 bits per heavy atom. The van der Waals surface area contributed by atoms with Gasteiger partial charge in [-0.25, -0.2) is 4.79 Å². The average Bonchev–Trinajstić information content (AvgIpc) is 2.82. The van der Waals surface area contributed by atoms with Gasteiger partial charge >= 0.3 is 5.97 Å². The van der Waals surface area contributed by atoms with Gasteiger partial charge in [0.15, 0.2) is 5.69 Å². The van der Waals surface area contributed by atoms with Crippen LogP contribution in [0.3, 0.4) is 0 Å². The molecule has 2 aromatic rings. The summed E-state index contributed by atoms with van der Waals surface area (Å²) in [7, 11) is 1.62. The van der Waals surface area contributed by atoms with Crippen LogP contribution in [0.2, 0.25) is 0 Å². The molecule has 0 unspecified atom stereocenters. The van der Waals surface area contributed by atoms with Crippen LogP contribution in [0.5, 0.6) is 5.75 Å². The van der Waals surface area contributed by atoms with Crippen LogP contribution in [0, 0.1) is 13.8 Å². The third-order valence-electron chi connectivity index (χ3n) is 3.20. The fraction of sp³-hybridized carbons (Fsp3) is 0.333. The molecule has 0 spiro atoms. The van der Waals surface area contributed by atoms with E-state index in [0.29, 0.717) is 6.54 Å². The fourth-order valence-corrected chi connectivity index (χ4v) is 2.39. The summed E-state index contributed by atoms with van der Waals surface area (Å²) in [5, 5.41) is 13.2. The van der Waals surface area contributed by atoms with Crippen molar-refractivity contribution in [2.24, 2.45) is 0 Å². The zero-order valence-electron chi connectivity index (χ0n) is 12.1. The number of carboxylic acids is 1. The summed E-state index contributed by atoms with van der Waals surface area (Å²) >= 11 is 0. The molecule has 0 radical (unpaired) electrons. The van der Waals surface area contributed by atoms with E-state index in [9.17, 15) is 4.79 Å². The first kappa shape index (κ1) is 14.1. The van der Waals surface area contributed by atoms with Crippen molar-refractivity contribution in [2.75, 3.05) is 7.11 Å². The van der Waals surface area contributed by atoms with Gasteiger partial charge in [0.1, 0.15) is 5.75 Å². The number of methoxy groups -OCH3 is 1. The first-order valence-electron chi connectivity index (χ1n) is 6.44. The van der Waals surface area contributed by atoms with Gasteiger partial charge in [0.05, 0.1) is 12.8 Å². The Hall–Kier alpha value is -2.30. The quantitative estimate of drug-likeness (QED) is 0.931. The monoisotopic (exact) mass is 274 g/mol. The van der Waals surface area contributed by atoms with Gasteiger partial charge in [0.2, 0.25) is 0 Å². The second-order valence-electron chi connectivity index (χ2n) is 4.70. The van der Waals surface area contributed by atoms with Gasteiger partial charge in [-0.05, 0) is 44.0 Å². The van der Waals surface area contributed by atoms with Crippen LogP contribution in [0.1, 0.15) is 28.5 Å². The molecule has 5 nitrogen and oxygen atoms in total. The molecule has 0 saturated heterocycles.